The number of hydrogen-bond acceptors (Lipinski definition) is 2. The second-order valence-electron chi connectivity index (χ2n) is 2.46. The van der Waals surface area contributed by atoms with E-state index in [-0.39, 0.29) is 21.1 Å². The molecule has 0 N–H and O–H groups in total. The summed E-state index contributed by atoms with van der Waals surface area (Å²) in [6.45, 7) is 4.58. The maximum absolute atomic E-state index is 7.83. The van der Waals surface area contributed by atoms with Crippen molar-refractivity contribution in [1.82, 2.24) is 0 Å². The van der Waals surface area contributed by atoms with Crippen LogP contribution in [0.5, 0.6) is 0 Å². The predicted octanol–water partition coefficient (Wildman–Crippen LogP) is 2.79. The monoisotopic (exact) mass is 282 g/mol. The first-order valence-electron chi connectivity index (χ1n) is 4.29. The Morgan fingerprint density at radius 1 is 1.00 bits per heavy atom. The zero-order chi connectivity index (χ0) is 8.95. The summed E-state index contributed by atoms with van der Waals surface area (Å²) < 4.78 is 11.1. The molecule has 0 fully saturated rings. The zero-order valence-corrected chi connectivity index (χ0v) is 11.2. The summed E-state index contributed by atoms with van der Waals surface area (Å²) in [4.78, 5) is 0. The first-order valence-corrected chi connectivity index (χ1v) is 8.66. The Morgan fingerprint density at radius 2 is 1.36 bits per heavy atom. The van der Waals surface area contributed by atoms with Crippen LogP contribution >= 0.6 is 0 Å². The molecule has 0 aliphatic heterocycles. The molecule has 0 aliphatic rings. The Hall–Kier alpha value is 0.819. The van der Waals surface area contributed by atoms with E-state index in [9.17, 15) is 0 Å². The van der Waals surface area contributed by atoms with Gasteiger partial charge in [0, 0.05) is 0 Å². The SMILES string of the molecule is CCC[CH2][Sn][CH2]CCC.O=S. The third-order valence-electron chi connectivity index (χ3n) is 1.41. The van der Waals surface area contributed by atoms with Gasteiger partial charge in [-0.2, -0.15) is 4.21 Å². The van der Waals surface area contributed by atoms with Crippen molar-refractivity contribution >= 4 is 33.7 Å². The predicted molar refractivity (Wildman–Crippen MR) is 53.3 cm³/mol. The van der Waals surface area contributed by atoms with E-state index in [4.69, 9.17) is 4.21 Å². The van der Waals surface area contributed by atoms with E-state index in [1.54, 1.807) is 8.87 Å². The van der Waals surface area contributed by atoms with Crippen LogP contribution in [0.4, 0.5) is 0 Å². The third-order valence-corrected chi connectivity index (χ3v) is 5.45. The Morgan fingerprint density at radius 3 is 1.64 bits per heavy atom. The van der Waals surface area contributed by atoms with Crippen molar-refractivity contribution in [3.8, 4) is 0 Å². The van der Waals surface area contributed by atoms with Crippen LogP contribution in [0.1, 0.15) is 39.5 Å². The van der Waals surface area contributed by atoms with Gasteiger partial charge in [-0.05, 0) is 0 Å². The van der Waals surface area contributed by atoms with Gasteiger partial charge in [0.05, 0.1) is 0 Å². The van der Waals surface area contributed by atoms with E-state index in [0.717, 1.165) is 0 Å². The molecule has 2 radical (unpaired) electrons. The molecular weight excluding hydrogens is 263 g/mol. The van der Waals surface area contributed by atoms with Crippen LogP contribution in [0, 0.1) is 0 Å². The summed E-state index contributed by atoms with van der Waals surface area (Å²) in [5.41, 5.74) is 0. The van der Waals surface area contributed by atoms with Crippen molar-refractivity contribution in [3.05, 3.63) is 0 Å². The largest absolute Gasteiger partial charge is 0.197 e. The molecule has 0 aromatic rings. The first kappa shape index (κ1) is 14.3. The summed E-state index contributed by atoms with van der Waals surface area (Å²) >= 11 is 2.98. The van der Waals surface area contributed by atoms with E-state index in [0.29, 0.717) is 0 Å². The second kappa shape index (κ2) is 17.1. The standard InChI is InChI=1S/2C4H9.OS.Sn/c2*1-3-4-2;1-2;/h2*1,3-4H2,2H3;;. The molecule has 0 aromatic carbocycles. The maximum Gasteiger partial charge on any atom is 0.197 e. The van der Waals surface area contributed by atoms with Gasteiger partial charge in [-0.3, -0.25) is 0 Å². The minimum absolute atomic E-state index is 0.149. The molecule has 11 heavy (non-hydrogen) atoms. The van der Waals surface area contributed by atoms with Gasteiger partial charge < -0.3 is 0 Å². The van der Waals surface area contributed by atoms with Gasteiger partial charge in [0.25, 0.3) is 0 Å². The van der Waals surface area contributed by atoms with E-state index in [1.807, 2.05) is 0 Å². The van der Waals surface area contributed by atoms with Crippen molar-refractivity contribution in [2.75, 3.05) is 0 Å². The molecule has 0 bridgehead atoms. The Bertz CT molecular complexity index is 56.1. The van der Waals surface area contributed by atoms with Gasteiger partial charge in [-0.1, -0.05) is 0 Å². The molecule has 0 unspecified atom stereocenters. The number of unbranched alkanes of at least 4 members (excludes halogenated alkanes) is 2. The minimum Gasteiger partial charge on any atom is -0.197 e. The molecule has 0 spiro atoms. The molecule has 3 heteroatoms. The van der Waals surface area contributed by atoms with Crippen LogP contribution in [0.25, 0.3) is 0 Å². The fourth-order valence-corrected chi connectivity index (χ4v) is 4.89. The summed E-state index contributed by atoms with van der Waals surface area (Å²) in [6.07, 6.45) is 5.84. The van der Waals surface area contributed by atoms with Crippen molar-refractivity contribution < 1.29 is 4.21 Å². The average Bonchev–Trinajstić information content (AvgIpc) is 2.08. The second-order valence-corrected chi connectivity index (χ2v) is 6.74. The van der Waals surface area contributed by atoms with Crippen molar-refractivity contribution in [3.63, 3.8) is 0 Å². The Labute approximate surface area is 86.1 Å². The first-order chi connectivity index (χ1) is 5.41. The average molecular weight is 281 g/mol. The normalized spacial score (nSPS) is 8.55. The van der Waals surface area contributed by atoms with Crippen LogP contribution in [0.15, 0.2) is 0 Å². The van der Waals surface area contributed by atoms with E-state index < -0.39 is 0 Å². The molecule has 0 atom stereocenters. The fourth-order valence-electron chi connectivity index (χ4n) is 0.729. The van der Waals surface area contributed by atoms with Crippen LogP contribution < -0.4 is 0 Å². The van der Waals surface area contributed by atoms with Gasteiger partial charge >= 0.3 is 69.5 Å². The van der Waals surface area contributed by atoms with Crippen molar-refractivity contribution in [2.45, 2.75) is 48.4 Å². The third kappa shape index (κ3) is 18.1. The van der Waals surface area contributed by atoms with E-state index in [1.165, 1.54) is 25.7 Å². The molecule has 1 nitrogen and oxygen atoms in total. The quantitative estimate of drug-likeness (QED) is 0.550. The topological polar surface area (TPSA) is 17.1 Å². The molecule has 0 amide bonds. The van der Waals surface area contributed by atoms with Crippen LogP contribution in [-0.4, -0.2) is 25.4 Å². The van der Waals surface area contributed by atoms with Gasteiger partial charge in [0.1, 0.15) is 0 Å². The fraction of sp³-hybridized carbons (Fsp3) is 1.00. The minimum atomic E-state index is 0.149. The van der Waals surface area contributed by atoms with Crippen LogP contribution in [0.3, 0.4) is 0 Å². The molecule has 0 aliphatic carbocycles. The Kier molecular flexibility index (Phi) is 22.3. The summed E-state index contributed by atoms with van der Waals surface area (Å²) in [6, 6.07) is 0. The molecule has 0 saturated heterocycles. The molecular formula is C8H18OSSn. The molecule has 66 valence electrons. The molecule has 0 saturated carbocycles. The summed E-state index contributed by atoms with van der Waals surface area (Å²) in [5, 5.41) is 0. The molecule has 0 aromatic heterocycles. The van der Waals surface area contributed by atoms with Gasteiger partial charge in [-0.25, -0.2) is 0 Å². The van der Waals surface area contributed by atoms with Gasteiger partial charge in [0.2, 0.25) is 0 Å². The van der Waals surface area contributed by atoms with Crippen molar-refractivity contribution in [2.24, 2.45) is 0 Å². The summed E-state index contributed by atoms with van der Waals surface area (Å²) in [7, 11) is 0. The van der Waals surface area contributed by atoms with Crippen molar-refractivity contribution in [1.29, 1.82) is 0 Å². The Balaban J connectivity index is 0. The zero-order valence-electron chi connectivity index (χ0n) is 7.56. The van der Waals surface area contributed by atoms with Gasteiger partial charge in [0.15, 0.2) is 12.5 Å². The van der Waals surface area contributed by atoms with Crippen LogP contribution in [0.2, 0.25) is 8.87 Å². The number of rotatable bonds is 6. The van der Waals surface area contributed by atoms with E-state index >= 15 is 0 Å². The van der Waals surface area contributed by atoms with E-state index in [2.05, 4.69) is 26.4 Å². The smallest absolute Gasteiger partial charge is 0.197 e. The maximum atomic E-state index is 7.83. The van der Waals surface area contributed by atoms with Crippen LogP contribution in [-0.2, 0) is 12.5 Å². The number of hydrogen-bond donors (Lipinski definition) is 0. The molecule has 0 rings (SSSR count). The van der Waals surface area contributed by atoms with Gasteiger partial charge in [-0.15, -0.1) is 0 Å². The molecule has 0 heterocycles. The summed E-state index contributed by atoms with van der Waals surface area (Å²) in [5.74, 6) is 0.